The molecule has 4 rings (SSSR count). The van der Waals surface area contributed by atoms with Crippen LogP contribution in [0.1, 0.15) is 31.2 Å². The van der Waals surface area contributed by atoms with Gasteiger partial charge < -0.3 is 5.32 Å². The highest BCUT2D eigenvalue weighted by Crippen LogP contribution is 2.24. The molecule has 1 aliphatic heterocycles. The Balaban J connectivity index is 0.00000210. The highest BCUT2D eigenvalue weighted by atomic mass is 35.5. The summed E-state index contributed by atoms with van der Waals surface area (Å²) in [7, 11) is 0. The highest BCUT2D eigenvalue weighted by molar-refractivity contribution is 5.85. The second-order valence-corrected chi connectivity index (χ2v) is 6.83. The summed E-state index contributed by atoms with van der Waals surface area (Å²) in [5.74, 6) is -0.181. The summed E-state index contributed by atoms with van der Waals surface area (Å²) in [6, 6.07) is 15.3. The number of nitrogens with one attached hydrogen (secondary N) is 1. The second-order valence-electron chi connectivity index (χ2n) is 6.83. The van der Waals surface area contributed by atoms with Gasteiger partial charge in [0.25, 0.3) is 0 Å². The first kappa shape index (κ1) is 19.5. The molecule has 0 amide bonds. The van der Waals surface area contributed by atoms with Gasteiger partial charge in [0.05, 0.1) is 6.54 Å². The minimum Gasteiger partial charge on any atom is -0.310 e. The quantitative estimate of drug-likeness (QED) is 0.629. The van der Waals surface area contributed by atoms with Crippen molar-refractivity contribution < 1.29 is 4.39 Å². The maximum Gasteiger partial charge on any atom is 0.123 e. The first-order valence-corrected chi connectivity index (χ1v) is 9.26. The zero-order valence-electron chi connectivity index (χ0n) is 15.1. The Morgan fingerprint density at radius 3 is 2.41 bits per heavy atom. The van der Waals surface area contributed by atoms with Gasteiger partial charge in [0.1, 0.15) is 16.9 Å². The van der Waals surface area contributed by atoms with E-state index in [0.29, 0.717) is 6.04 Å². The van der Waals surface area contributed by atoms with E-state index in [2.05, 4.69) is 21.6 Å². The van der Waals surface area contributed by atoms with Crippen LogP contribution < -0.4 is 5.32 Å². The fourth-order valence-electron chi connectivity index (χ4n) is 3.52. The van der Waals surface area contributed by atoms with E-state index in [1.807, 2.05) is 41.2 Å². The van der Waals surface area contributed by atoms with Crippen LogP contribution >= 0.6 is 12.4 Å². The summed E-state index contributed by atoms with van der Waals surface area (Å²) in [4.78, 5) is 1.81. The van der Waals surface area contributed by atoms with Crippen molar-refractivity contribution >= 4 is 29.0 Å². The monoisotopic (exact) mass is 386 g/mol. The van der Waals surface area contributed by atoms with Crippen LogP contribution in [0.2, 0.25) is 0 Å². The molecule has 2 aromatic carbocycles. The topological polar surface area (TPSA) is 42.7 Å². The molecular weight excluding hydrogens is 363 g/mol. The van der Waals surface area contributed by atoms with Gasteiger partial charge in [-0.1, -0.05) is 30.3 Å². The lowest BCUT2D eigenvalue weighted by Gasteiger charge is -2.24. The fourth-order valence-corrected chi connectivity index (χ4v) is 3.52. The van der Waals surface area contributed by atoms with Gasteiger partial charge in [-0.05, 0) is 61.1 Å². The molecule has 0 aliphatic carbocycles. The van der Waals surface area contributed by atoms with Gasteiger partial charge in [-0.25, -0.2) is 4.39 Å². The molecule has 0 bridgehead atoms. The number of rotatable bonds is 6. The summed E-state index contributed by atoms with van der Waals surface area (Å²) < 4.78 is 13.1. The molecule has 4 nitrogen and oxygen atoms in total. The van der Waals surface area contributed by atoms with E-state index in [4.69, 9.17) is 0 Å². The van der Waals surface area contributed by atoms with Gasteiger partial charge in [0.2, 0.25) is 0 Å². The Hall–Kier alpha value is -2.24. The zero-order valence-corrected chi connectivity index (χ0v) is 16.0. The zero-order chi connectivity index (χ0) is 17.8. The smallest absolute Gasteiger partial charge is 0.123 e. The maximum atomic E-state index is 13.1. The SMILES string of the molecule is Cl.Fc1ccc(C2=CCNC(CCCCn3nc4ccccc4n3)C2)cc1. The van der Waals surface area contributed by atoms with Gasteiger partial charge in [0, 0.05) is 12.6 Å². The Labute approximate surface area is 164 Å². The summed E-state index contributed by atoms with van der Waals surface area (Å²) >= 11 is 0. The van der Waals surface area contributed by atoms with Crippen LogP contribution in [0.5, 0.6) is 0 Å². The number of hydrogen-bond acceptors (Lipinski definition) is 3. The van der Waals surface area contributed by atoms with Gasteiger partial charge in [-0.2, -0.15) is 15.0 Å². The van der Waals surface area contributed by atoms with E-state index in [-0.39, 0.29) is 18.2 Å². The third-order valence-corrected chi connectivity index (χ3v) is 4.93. The Morgan fingerprint density at radius 1 is 1.00 bits per heavy atom. The minimum atomic E-state index is -0.181. The molecule has 1 unspecified atom stereocenters. The molecule has 0 spiro atoms. The van der Waals surface area contributed by atoms with Crippen LogP contribution in [0.4, 0.5) is 4.39 Å². The van der Waals surface area contributed by atoms with Crippen molar-refractivity contribution in [3.8, 4) is 0 Å². The van der Waals surface area contributed by atoms with Crippen molar-refractivity contribution in [3.63, 3.8) is 0 Å². The van der Waals surface area contributed by atoms with Crippen LogP contribution in [-0.4, -0.2) is 27.6 Å². The number of unbranched alkanes of at least 4 members (excludes halogenated alkanes) is 1. The molecule has 1 aromatic heterocycles. The van der Waals surface area contributed by atoms with E-state index in [9.17, 15) is 4.39 Å². The molecule has 3 aromatic rings. The minimum absolute atomic E-state index is 0. The second kappa shape index (κ2) is 9.11. The normalized spacial score (nSPS) is 16.8. The molecule has 27 heavy (non-hydrogen) atoms. The average Bonchev–Trinajstić information content (AvgIpc) is 3.09. The third-order valence-electron chi connectivity index (χ3n) is 4.93. The van der Waals surface area contributed by atoms with Crippen molar-refractivity contribution in [2.24, 2.45) is 0 Å². The first-order chi connectivity index (χ1) is 12.8. The van der Waals surface area contributed by atoms with Crippen LogP contribution in [-0.2, 0) is 6.54 Å². The standard InChI is InChI=1S/C21H23FN4.ClH/c22-18-10-8-16(9-11-18)17-12-13-23-19(15-17)5-3-4-14-26-24-20-6-1-2-7-21(20)25-26;/h1-2,6-12,19,23H,3-5,13-15H2;1H. The molecule has 0 saturated heterocycles. The lowest BCUT2D eigenvalue weighted by molar-refractivity contribution is 0.442. The molecule has 142 valence electrons. The number of fused-ring (bicyclic) bond motifs is 1. The number of halogens is 2. The molecule has 6 heteroatoms. The van der Waals surface area contributed by atoms with Crippen LogP contribution in [0.25, 0.3) is 16.6 Å². The molecule has 0 radical (unpaired) electrons. The van der Waals surface area contributed by atoms with Crippen LogP contribution in [0, 0.1) is 5.82 Å². The lowest BCUT2D eigenvalue weighted by Crippen LogP contribution is -2.32. The predicted molar refractivity (Wildman–Crippen MR) is 109 cm³/mol. The number of benzene rings is 2. The predicted octanol–water partition coefficient (Wildman–Crippen LogP) is 4.61. The molecule has 1 aliphatic rings. The molecule has 2 heterocycles. The largest absolute Gasteiger partial charge is 0.310 e. The van der Waals surface area contributed by atoms with Crippen LogP contribution in [0.15, 0.2) is 54.6 Å². The lowest BCUT2D eigenvalue weighted by atomic mass is 9.93. The molecule has 0 fully saturated rings. The van der Waals surface area contributed by atoms with Crippen molar-refractivity contribution in [2.45, 2.75) is 38.3 Å². The van der Waals surface area contributed by atoms with Crippen molar-refractivity contribution in [2.75, 3.05) is 6.54 Å². The molecule has 1 N–H and O–H groups in total. The fraction of sp³-hybridized carbons (Fsp3) is 0.333. The average molecular weight is 387 g/mol. The van der Waals surface area contributed by atoms with Crippen molar-refractivity contribution in [3.05, 3.63) is 66.0 Å². The number of aromatic nitrogens is 3. The molecule has 0 saturated carbocycles. The van der Waals surface area contributed by atoms with E-state index in [1.165, 1.54) is 17.7 Å². The Morgan fingerprint density at radius 2 is 1.70 bits per heavy atom. The van der Waals surface area contributed by atoms with E-state index in [0.717, 1.165) is 55.4 Å². The van der Waals surface area contributed by atoms with Gasteiger partial charge in [-0.15, -0.1) is 12.4 Å². The summed E-state index contributed by atoms with van der Waals surface area (Å²) in [6.07, 6.45) is 6.53. The maximum absolute atomic E-state index is 13.1. The number of aryl methyl sites for hydroxylation is 1. The summed E-state index contributed by atoms with van der Waals surface area (Å²) in [6.45, 7) is 1.73. The summed E-state index contributed by atoms with van der Waals surface area (Å²) in [5, 5.41) is 12.6. The third kappa shape index (κ3) is 4.93. The van der Waals surface area contributed by atoms with Crippen molar-refractivity contribution in [1.29, 1.82) is 0 Å². The summed E-state index contributed by atoms with van der Waals surface area (Å²) in [5.41, 5.74) is 4.35. The number of nitrogens with zero attached hydrogens (tertiary/aromatic N) is 3. The van der Waals surface area contributed by atoms with Crippen LogP contribution in [0.3, 0.4) is 0 Å². The first-order valence-electron chi connectivity index (χ1n) is 9.26. The van der Waals surface area contributed by atoms with Crippen molar-refractivity contribution in [1.82, 2.24) is 20.3 Å². The molecule has 1 atom stereocenters. The Kier molecular flexibility index (Phi) is 6.58. The van der Waals surface area contributed by atoms with E-state index in [1.54, 1.807) is 0 Å². The Bertz CT molecular complexity index is 871. The number of hydrogen-bond donors (Lipinski definition) is 1. The van der Waals surface area contributed by atoms with Gasteiger partial charge >= 0.3 is 0 Å². The van der Waals surface area contributed by atoms with E-state index >= 15 is 0 Å². The van der Waals surface area contributed by atoms with Gasteiger partial charge in [-0.3, -0.25) is 0 Å². The van der Waals surface area contributed by atoms with Gasteiger partial charge in [0.15, 0.2) is 0 Å². The highest BCUT2D eigenvalue weighted by Gasteiger charge is 2.15. The molecular formula is C21H24ClFN4. The van der Waals surface area contributed by atoms with E-state index < -0.39 is 0 Å².